The first-order valence-electron chi connectivity index (χ1n) is 10.4. The fourth-order valence-electron chi connectivity index (χ4n) is 3.36. The van der Waals surface area contributed by atoms with E-state index in [4.69, 9.17) is 9.72 Å². The summed E-state index contributed by atoms with van der Waals surface area (Å²) >= 11 is 1.64. The first-order chi connectivity index (χ1) is 14.6. The van der Waals surface area contributed by atoms with Gasteiger partial charge in [0.1, 0.15) is 10.8 Å². The lowest BCUT2D eigenvalue weighted by Gasteiger charge is -2.34. The number of nitrogens with one attached hydrogen (secondary N) is 1. The largest absolute Gasteiger partial charge is 0.497 e. The van der Waals surface area contributed by atoms with Gasteiger partial charge in [-0.1, -0.05) is 6.92 Å². The Labute approximate surface area is 182 Å². The minimum absolute atomic E-state index is 0.0416. The standard InChI is InChI=1S/C22H30N4O3S/c1-3-10-23-20(27)8-9-21(28)26-13-11-25(12-14-26)15-18-16-30-22(24-18)17-4-6-19(29-2)7-5-17/h4-7,16H,3,8-15H2,1-2H3,(H,23,27). The number of ether oxygens (including phenoxy) is 1. The van der Waals surface area contributed by atoms with E-state index in [9.17, 15) is 9.59 Å². The van der Waals surface area contributed by atoms with E-state index in [-0.39, 0.29) is 24.7 Å². The van der Waals surface area contributed by atoms with Crippen LogP contribution in [-0.4, -0.2) is 66.4 Å². The highest BCUT2D eigenvalue weighted by atomic mass is 32.1. The quantitative estimate of drug-likeness (QED) is 0.662. The lowest BCUT2D eigenvalue weighted by atomic mass is 10.2. The Morgan fingerprint density at radius 3 is 2.53 bits per heavy atom. The van der Waals surface area contributed by atoms with Crippen molar-refractivity contribution < 1.29 is 14.3 Å². The topological polar surface area (TPSA) is 74.8 Å². The van der Waals surface area contributed by atoms with Crippen molar-refractivity contribution in [1.29, 1.82) is 0 Å². The predicted octanol–water partition coefficient (Wildman–Crippen LogP) is 2.77. The van der Waals surface area contributed by atoms with Crippen molar-refractivity contribution in [2.24, 2.45) is 0 Å². The molecule has 30 heavy (non-hydrogen) atoms. The van der Waals surface area contributed by atoms with Gasteiger partial charge in [0, 0.05) is 63.1 Å². The maximum atomic E-state index is 12.4. The van der Waals surface area contributed by atoms with Gasteiger partial charge in [0.2, 0.25) is 11.8 Å². The van der Waals surface area contributed by atoms with Gasteiger partial charge in [0.15, 0.2) is 0 Å². The average Bonchev–Trinajstić information content (AvgIpc) is 3.25. The summed E-state index contributed by atoms with van der Waals surface area (Å²) < 4.78 is 5.21. The molecule has 0 spiro atoms. The molecule has 7 nitrogen and oxygen atoms in total. The number of piperazine rings is 1. The molecule has 0 aliphatic carbocycles. The first-order valence-corrected chi connectivity index (χ1v) is 11.3. The van der Waals surface area contributed by atoms with Gasteiger partial charge in [-0.2, -0.15) is 0 Å². The maximum absolute atomic E-state index is 12.4. The molecule has 162 valence electrons. The number of carbonyl (C=O) groups excluding carboxylic acids is 2. The Kier molecular flexibility index (Phi) is 8.21. The van der Waals surface area contributed by atoms with E-state index in [1.54, 1.807) is 18.4 Å². The van der Waals surface area contributed by atoms with Crippen LogP contribution in [0.1, 0.15) is 31.9 Å². The summed E-state index contributed by atoms with van der Waals surface area (Å²) in [6, 6.07) is 7.93. The summed E-state index contributed by atoms with van der Waals surface area (Å²) in [6.07, 6.45) is 1.46. The molecule has 0 unspecified atom stereocenters. The third-order valence-electron chi connectivity index (χ3n) is 5.14. The highest BCUT2D eigenvalue weighted by Gasteiger charge is 2.22. The molecule has 3 rings (SSSR count). The molecule has 1 saturated heterocycles. The second-order valence-corrected chi connectivity index (χ2v) is 8.24. The Balaban J connectivity index is 1.43. The van der Waals surface area contributed by atoms with E-state index >= 15 is 0 Å². The monoisotopic (exact) mass is 430 g/mol. The maximum Gasteiger partial charge on any atom is 0.223 e. The van der Waals surface area contributed by atoms with Gasteiger partial charge in [-0.25, -0.2) is 4.98 Å². The van der Waals surface area contributed by atoms with E-state index in [1.165, 1.54) is 0 Å². The molecule has 1 aromatic carbocycles. The van der Waals surface area contributed by atoms with Crippen LogP contribution in [0.15, 0.2) is 29.6 Å². The molecule has 2 heterocycles. The van der Waals surface area contributed by atoms with Gasteiger partial charge >= 0.3 is 0 Å². The zero-order valence-corrected chi connectivity index (χ0v) is 18.5. The number of benzene rings is 1. The van der Waals surface area contributed by atoms with Crippen molar-refractivity contribution in [3.8, 4) is 16.3 Å². The van der Waals surface area contributed by atoms with Gasteiger partial charge in [-0.05, 0) is 30.7 Å². The fourth-order valence-corrected chi connectivity index (χ4v) is 4.18. The Bertz CT molecular complexity index is 829. The molecule has 1 aromatic heterocycles. The molecule has 0 saturated carbocycles. The normalized spacial score (nSPS) is 14.5. The van der Waals surface area contributed by atoms with Crippen molar-refractivity contribution in [1.82, 2.24) is 20.1 Å². The number of hydrogen-bond acceptors (Lipinski definition) is 6. The van der Waals surface area contributed by atoms with Crippen LogP contribution in [0.25, 0.3) is 10.6 Å². The summed E-state index contributed by atoms with van der Waals surface area (Å²) in [5, 5.41) is 5.92. The van der Waals surface area contributed by atoms with Crippen LogP contribution in [0.4, 0.5) is 0 Å². The summed E-state index contributed by atoms with van der Waals surface area (Å²) in [6.45, 7) is 6.51. The predicted molar refractivity (Wildman–Crippen MR) is 118 cm³/mol. The van der Waals surface area contributed by atoms with Gasteiger partial charge in [0.25, 0.3) is 0 Å². The molecule has 1 aliphatic rings. The molecule has 2 aromatic rings. The molecule has 0 atom stereocenters. The number of amides is 2. The number of nitrogens with zero attached hydrogens (tertiary/aromatic N) is 3. The van der Waals surface area contributed by atoms with Crippen LogP contribution in [0.3, 0.4) is 0 Å². The number of thiazole rings is 1. The van der Waals surface area contributed by atoms with E-state index < -0.39 is 0 Å². The Hall–Kier alpha value is -2.45. The Morgan fingerprint density at radius 2 is 1.87 bits per heavy atom. The van der Waals surface area contributed by atoms with E-state index in [2.05, 4.69) is 15.6 Å². The molecule has 0 radical (unpaired) electrons. The SMILES string of the molecule is CCCNC(=O)CCC(=O)N1CCN(Cc2csc(-c3ccc(OC)cc3)n2)CC1. The fraction of sp³-hybridized carbons (Fsp3) is 0.500. The summed E-state index contributed by atoms with van der Waals surface area (Å²) in [5.41, 5.74) is 2.14. The average molecular weight is 431 g/mol. The zero-order valence-electron chi connectivity index (χ0n) is 17.7. The van der Waals surface area contributed by atoms with Gasteiger partial charge in [-0.15, -0.1) is 11.3 Å². The van der Waals surface area contributed by atoms with Crippen molar-refractivity contribution >= 4 is 23.2 Å². The molecule has 2 amide bonds. The van der Waals surface area contributed by atoms with Crippen LogP contribution in [0, 0.1) is 0 Å². The second-order valence-electron chi connectivity index (χ2n) is 7.38. The third-order valence-corrected chi connectivity index (χ3v) is 6.08. The highest BCUT2D eigenvalue weighted by molar-refractivity contribution is 7.13. The minimum atomic E-state index is -0.0416. The summed E-state index contributed by atoms with van der Waals surface area (Å²) in [5.74, 6) is 0.862. The van der Waals surface area contributed by atoms with Gasteiger partial charge in [0.05, 0.1) is 12.8 Å². The lowest BCUT2D eigenvalue weighted by Crippen LogP contribution is -2.48. The van der Waals surface area contributed by atoms with Gasteiger partial charge < -0.3 is 15.0 Å². The van der Waals surface area contributed by atoms with E-state index in [1.807, 2.05) is 36.1 Å². The number of hydrogen-bond donors (Lipinski definition) is 1. The smallest absolute Gasteiger partial charge is 0.223 e. The van der Waals surface area contributed by atoms with Crippen LogP contribution < -0.4 is 10.1 Å². The summed E-state index contributed by atoms with van der Waals surface area (Å²) in [7, 11) is 1.66. The van der Waals surface area contributed by atoms with Crippen molar-refractivity contribution in [3.05, 3.63) is 35.3 Å². The van der Waals surface area contributed by atoms with Crippen molar-refractivity contribution in [2.75, 3.05) is 39.8 Å². The molecule has 1 fully saturated rings. The number of carbonyl (C=O) groups is 2. The van der Waals surface area contributed by atoms with Crippen molar-refractivity contribution in [3.63, 3.8) is 0 Å². The minimum Gasteiger partial charge on any atom is -0.497 e. The lowest BCUT2D eigenvalue weighted by molar-refractivity contribution is -0.135. The molecule has 8 heteroatoms. The Morgan fingerprint density at radius 1 is 1.13 bits per heavy atom. The summed E-state index contributed by atoms with van der Waals surface area (Å²) in [4.78, 5) is 33.0. The zero-order chi connectivity index (χ0) is 21.3. The van der Waals surface area contributed by atoms with Crippen LogP contribution >= 0.6 is 11.3 Å². The van der Waals surface area contributed by atoms with Crippen LogP contribution in [0.2, 0.25) is 0 Å². The number of methoxy groups -OCH3 is 1. The van der Waals surface area contributed by atoms with E-state index in [0.717, 1.165) is 48.1 Å². The van der Waals surface area contributed by atoms with Gasteiger partial charge in [-0.3, -0.25) is 14.5 Å². The number of rotatable bonds is 9. The second kappa shape index (κ2) is 11.1. The highest BCUT2D eigenvalue weighted by Crippen LogP contribution is 2.26. The van der Waals surface area contributed by atoms with Crippen LogP contribution in [-0.2, 0) is 16.1 Å². The third kappa shape index (κ3) is 6.27. The van der Waals surface area contributed by atoms with E-state index in [0.29, 0.717) is 19.6 Å². The van der Waals surface area contributed by atoms with Crippen molar-refractivity contribution in [2.45, 2.75) is 32.7 Å². The molecule has 0 bridgehead atoms. The number of aromatic nitrogens is 1. The molecule has 1 N–H and O–H groups in total. The molecular weight excluding hydrogens is 400 g/mol. The first kappa shape index (κ1) is 22.2. The molecular formula is C22H30N4O3S. The van der Waals surface area contributed by atoms with Crippen LogP contribution in [0.5, 0.6) is 5.75 Å². The molecule has 1 aliphatic heterocycles.